The number of hydrogen-bond acceptors (Lipinski definition) is 4. The highest BCUT2D eigenvalue weighted by Crippen LogP contribution is 2.53. The van der Waals surface area contributed by atoms with E-state index in [2.05, 4.69) is 15.3 Å². The second-order valence-corrected chi connectivity index (χ2v) is 9.53. The van der Waals surface area contributed by atoms with E-state index in [0.29, 0.717) is 11.3 Å². The highest BCUT2D eigenvalue weighted by Gasteiger charge is 2.61. The van der Waals surface area contributed by atoms with Crippen LogP contribution in [0.5, 0.6) is 5.75 Å². The molecule has 1 aliphatic heterocycles. The molecule has 0 bridgehead atoms. The molecular weight excluding hydrogens is 514 g/mol. The molecular formula is C23H15Cl3F3N3O2. The monoisotopic (exact) mass is 527 g/mol. The summed E-state index contributed by atoms with van der Waals surface area (Å²) in [5.41, 5.74) is -1.87. The predicted molar refractivity (Wildman–Crippen MR) is 122 cm³/mol. The third kappa shape index (κ3) is 4.19. The van der Waals surface area contributed by atoms with Gasteiger partial charge in [-0.2, -0.15) is 13.2 Å². The molecule has 0 spiro atoms. The van der Waals surface area contributed by atoms with Gasteiger partial charge in [-0.25, -0.2) is 9.97 Å². The van der Waals surface area contributed by atoms with Gasteiger partial charge < -0.3 is 10.1 Å². The van der Waals surface area contributed by atoms with Crippen LogP contribution in [0.15, 0.2) is 42.7 Å². The van der Waals surface area contributed by atoms with Crippen molar-refractivity contribution < 1.29 is 22.7 Å². The topological polar surface area (TPSA) is 64.1 Å². The van der Waals surface area contributed by atoms with Crippen molar-refractivity contribution in [3.8, 4) is 17.0 Å². The second-order valence-electron chi connectivity index (χ2n) is 8.25. The van der Waals surface area contributed by atoms with Gasteiger partial charge in [0.25, 0.3) is 0 Å². The number of aromatic nitrogens is 2. The Hall–Kier alpha value is -2.55. The van der Waals surface area contributed by atoms with Gasteiger partial charge in [0.1, 0.15) is 17.9 Å². The van der Waals surface area contributed by atoms with Crippen LogP contribution in [0.1, 0.15) is 24.0 Å². The van der Waals surface area contributed by atoms with Gasteiger partial charge in [-0.15, -0.1) is 0 Å². The number of halogens is 6. The van der Waals surface area contributed by atoms with Crippen molar-refractivity contribution >= 4 is 46.5 Å². The van der Waals surface area contributed by atoms with E-state index in [1.54, 1.807) is 0 Å². The van der Waals surface area contributed by atoms with Crippen molar-refractivity contribution in [3.63, 3.8) is 0 Å². The molecule has 1 amide bonds. The minimum absolute atomic E-state index is 0.00140. The zero-order chi connectivity index (χ0) is 24.3. The van der Waals surface area contributed by atoms with E-state index < -0.39 is 18.2 Å². The summed E-state index contributed by atoms with van der Waals surface area (Å²) < 4.78 is 48.7. The molecule has 0 saturated heterocycles. The number of carbonyl (C=O) groups excluding carboxylic acids is 1. The molecule has 1 fully saturated rings. The third-order valence-corrected chi connectivity index (χ3v) is 6.55. The van der Waals surface area contributed by atoms with Crippen molar-refractivity contribution in [1.82, 2.24) is 9.97 Å². The molecule has 34 heavy (non-hydrogen) atoms. The van der Waals surface area contributed by atoms with Gasteiger partial charge in [-0.05, 0) is 48.7 Å². The molecule has 1 aliphatic carbocycles. The number of fused-ring (bicyclic) bond motifs is 1. The second kappa shape index (κ2) is 8.29. The van der Waals surface area contributed by atoms with E-state index in [1.165, 1.54) is 42.7 Å². The van der Waals surface area contributed by atoms with Gasteiger partial charge in [0.15, 0.2) is 0 Å². The number of rotatable bonds is 4. The lowest BCUT2D eigenvalue weighted by Crippen LogP contribution is -2.46. The number of alkyl halides is 3. The number of nitrogens with zero attached hydrogens (tertiary/aromatic N) is 2. The fraction of sp³-hybridized carbons (Fsp3) is 0.261. The lowest BCUT2D eigenvalue weighted by molar-refractivity contribution is -0.248. The average molecular weight is 529 g/mol. The molecule has 11 heteroatoms. The molecule has 5 rings (SSSR count). The van der Waals surface area contributed by atoms with E-state index in [9.17, 15) is 18.0 Å². The van der Waals surface area contributed by atoms with E-state index in [-0.39, 0.29) is 49.6 Å². The normalized spacial score (nSPS) is 19.5. The molecule has 1 aromatic heterocycles. The highest BCUT2D eigenvalue weighted by molar-refractivity contribution is 6.34. The number of carbonyl (C=O) groups is 1. The van der Waals surface area contributed by atoms with Crippen molar-refractivity contribution in [3.05, 3.63) is 68.9 Å². The van der Waals surface area contributed by atoms with Gasteiger partial charge in [0.05, 0.1) is 10.7 Å². The maximum atomic E-state index is 14.4. The van der Waals surface area contributed by atoms with Gasteiger partial charge in [0.2, 0.25) is 11.5 Å². The molecule has 1 unspecified atom stereocenters. The third-order valence-electron chi connectivity index (χ3n) is 5.80. The Morgan fingerprint density at radius 2 is 1.74 bits per heavy atom. The molecule has 1 atom stereocenters. The molecule has 2 heterocycles. The number of hydrogen-bond donors (Lipinski definition) is 1. The summed E-state index contributed by atoms with van der Waals surface area (Å²) in [5.74, 6) is 0.134. The fourth-order valence-electron chi connectivity index (χ4n) is 3.94. The molecule has 2 aliphatic rings. The highest BCUT2D eigenvalue weighted by atomic mass is 35.5. The summed E-state index contributed by atoms with van der Waals surface area (Å²) in [6.07, 6.45) is -2.37. The molecule has 1 N–H and O–H groups in total. The Kier molecular flexibility index (Phi) is 5.66. The number of nitrogens with one attached hydrogen (secondary N) is 1. The van der Waals surface area contributed by atoms with Crippen LogP contribution in [0, 0.1) is 5.92 Å². The first kappa shape index (κ1) is 23.2. The average Bonchev–Trinajstić information content (AvgIpc) is 3.53. The van der Waals surface area contributed by atoms with Gasteiger partial charge in [-0.1, -0.05) is 34.8 Å². The quantitative estimate of drug-likeness (QED) is 0.402. The number of ether oxygens (including phenoxy) is 1. The standard InChI is InChI=1S/C23H15Cl3F3N3O2/c24-14-4-13(5-15(25)6-14)22(23(27,28)29)9-12-3-16(17(26)7-19(12)34-22)18-8-20(31-10-30-18)32-21(33)11-1-2-11/h3-8,10-11H,1-2,9H2,(H,30,31,32,33). The van der Waals surface area contributed by atoms with Crippen LogP contribution in [-0.2, 0) is 16.8 Å². The van der Waals surface area contributed by atoms with Crippen LogP contribution in [0.25, 0.3) is 11.3 Å². The number of amides is 1. The summed E-state index contributed by atoms with van der Waals surface area (Å²) in [7, 11) is 0. The van der Waals surface area contributed by atoms with Gasteiger partial charge >= 0.3 is 6.18 Å². The van der Waals surface area contributed by atoms with Crippen LogP contribution < -0.4 is 10.1 Å². The zero-order valence-corrected chi connectivity index (χ0v) is 19.5. The van der Waals surface area contributed by atoms with Crippen LogP contribution in [0.2, 0.25) is 15.1 Å². The molecule has 5 nitrogen and oxygen atoms in total. The lowest BCUT2D eigenvalue weighted by Gasteiger charge is -2.31. The smallest absolute Gasteiger partial charge is 0.432 e. The molecule has 1 saturated carbocycles. The van der Waals surface area contributed by atoms with Crippen LogP contribution >= 0.6 is 34.8 Å². The first-order valence-electron chi connectivity index (χ1n) is 10.2. The van der Waals surface area contributed by atoms with E-state index in [0.717, 1.165) is 12.8 Å². The predicted octanol–water partition coefficient (Wildman–Crippen LogP) is 6.85. The fourth-order valence-corrected chi connectivity index (χ4v) is 4.71. The Bertz CT molecular complexity index is 1290. The van der Waals surface area contributed by atoms with E-state index in [4.69, 9.17) is 39.5 Å². The van der Waals surface area contributed by atoms with Crippen LogP contribution in [-0.4, -0.2) is 22.1 Å². The largest absolute Gasteiger partial charge is 0.472 e. The van der Waals surface area contributed by atoms with E-state index >= 15 is 0 Å². The summed E-state index contributed by atoms with van der Waals surface area (Å²) in [5, 5.41) is 2.98. The maximum Gasteiger partial charge on any atom is 0.432 e. The van der Waals surface area contributed by atoms with Crippen LogP contribution in [0.4, 0.5) is 19.0 Å². The maximum absolute atomic E-state index is 14.4. The summed E-state index contributed by atoms with van der Waals surface area (Å²) in [6, 6.07) is 8.09. The van der Waals surface area contributed by atoms with Gasteiger partial charge in [-0.3, -0.25) is 4.79 Å². The molecule has 0 radical (unpaired) electrons. The minimum atomic E-state index is -4.78. The van der Waals surface area contributed by atoms with Crippen molar-refractivity contribution in [2.24, 2.45) is 5.92 Å². The first-order chi connectivity index (χ1) is 16.1. The first-order valence-corrected chi connectivity index (χ1v) is 11.4. The zero-order valence-electron chi connectivity index (χ0n) is 17.2. The minimum Gasteiger partial charge on any atom is -0.472 e. The van der Waals surface area contributed by atoms with Crippen LogP contribution in [0.3, 0.4) is 0 Å². The molecule has 2 aromatic carbocycles. The molecule has 3 aromatic rings. The number of benzene rings is 2. The summed E-state index contributed by atoms with van der Waals surface area (Å²) in [6.45, 7) is 0. The summed E-state index contributed by atoms with van der Waals surface area (Å²) in [4.78, 5) is 20.3. The van der Waals surface area contributed by atoms with E-state index in [1.807, 2.05) is 0 Å². The van der Waals surface area contributed by atoms with Crippen molar-refractivity contribution in [2.45, 2.75) is 31.0 Å². The Morgan fingerprint density at radius 3 is 2.38 bits per heavy atom. The van der Waals surface area contributed by atoms with Crippen molar-refractivity contribution in [2.75, 3.05) is 5.32 Å². The summed E-state index contributed by atoms with van der Waals surface area (Å²) >= 11 is 18.4. The SMILES string of the molecule is O=C(Nc1cc(-c2cc3c(cc2Cl)OC(c2cc(Cl)cc(Cl)c2)(C(F)(F)F)C3)ncn1)C1CC1. The Labute approximate surface area is 207 Å². The van der Waals surface area contributed by atoms with Crippen molar-refractivity contribution in [1.29, 1.82) is 0 Å². The lowest BCUT2D eigenvalue weighted by atomic mass is 9.88. The Morgan fingerprint density at radius 1 is 1.03 bits per heavy atom. The van der Waals surface area contributed by atoms with Gasteiger partial charge in [0, 0.05) is 39.6 Å². The number of anilines is 1. The Balaban J connectivity index is 1.53. The molecule has 176 valence electrons.